The lowest BCUT2D eigenvalue weighted by atomic mass is 9.97. The molecule has 2 heterocycles. The van der Waals surface area contributed by atoms with E-state index in [1.807, 2.05) is 23.1 Å². The second kappa shape index (κ2) is 15.7. The predicted molar refractivity (Wildman–Crippen MR) is 190 cm³/mol. The number of aromatic nitrogens is 1. The fourth-order valence-electron chi connectivity index (χ4n) is 6.69. The van der Waals surface area contributed by atoms with Crippen molar-refractivity contribution in [2.75, 3.05) is 16.3 Å². The van der Waals surface area contributed by atoms with Crippen molar-refractivity contribution in [2.45, 2.75) is 44.2 Å². The molecule has 1 fully saturated rings. The number of thioether (sulfide) groups is 1. The van der Waals surface area contributed by atoms with E-state index in [2.05, 4.69) is 162 Å². The van der Waals surface area contributed by atoms with Gasteiger partial charge in [0.15, 0.2) is 0 Å². The monoisotopic (exact) mass is 711 g/mol. The molecule has 2 unspecified atom stereocenters. The fourth-order valence-corrected chi connectivity index (χ4v) is 8.96. The number of nitrogens with zero attached hydrogens (tertiary/aromatic N) is 3. The number of fused-ring (bicyclic) bond motifs is 2. The van der Waals surface area contributed by atoms with Gasteiger partial charge in [0.2, 0.25) is 5.52 Å². The third-order valence-corrected chi connectivity index (χ3v) is 11.0. The van der Waals surface area contributed by atoms with E-state index < -0.39 is 10.2 Å². The summed E-state index contributed by atoms with van der Waals surface area (Å²) in [5, 5.41) is 2.62. The van der Waals surface area contributed by atoms with Gasteiger partial charge in [-0.15, -0.1) is 10.2 Å². The summed E-state index contributed by atoms with van der Waals surface area (Å²) in [6.07, 6.45) is 11.9. The van der Waals surface area contributed by atoms with Crippen LogP contribution in [0.1, 0.15) is 31.7 Å². The number of anilines is 3. The Balaban J connectivity index is 0.000000778. The molecule has 4 aromatic carbocycles. The summed E-state index contributed by atoms with van der Waals surface area (Å²) in [5.74, 6) is 0.367. The quantitative estimate of drug-likeness (QED) is 0.197. The molecule has 1 aromatic heterocycles. The summed E-state index contributed by atoms with van der Waals surface area (Å²) < 4.78 is 37.8. The zero-order valence-corrected chi connectivity index (χ0v) is 29.7. The molecule has 7 rings (SSSR count). The van der Waals surface area contributed by atoms with Crippen molar-refractivity contribution in [1.82, 2.24) is 0 Å². The van der Waals surface area contributed by atoms with E-state index >= 15 is 0 Å². The van der Waals surface area contributed by atoms with Crippen LogP contribution >= 0.6 is 23.1 Å². The van der Waals surface area contributed by atoms with Crippen LogP contribution in [0, 0.1) is 16.2 Å². The molecule has 49 heavy (non-hydrogen) atoms. The first-order valence-electron chi connectivity index (χ1n) is 16.3. The summed E-state index contributed by atoms with van der Waals surface area (Å²) >= 11 is 3.77. The zero-order valence-electron chi connectivity index (χ0n) is 27.4. The Hall–Kier alpha value is -3.93. The summed E-state index contributed by atoms with van der Waals surface area (Å²) in [5.41, 5.74) is 6.57. The van der Waals surface area contributed by atoms with Gasteiger partial charge in [-0.2, -0.15) is 4.57 Å². The van der Waals surface area contributed by atoms with Crippen LogP contribution in [0.3, 0.4) is 0 Å². The first-order chi connectivity index (χ1) is 23.7. The summed E-state index contributed by atoms with van der Waals surface area (Å²) in [6.45, 7) is 6.41. The SMILES string of the molecule is CCN1C(=CC=C2CCC(C=Cc3sc4ccccc4[n+]3CC)C2N(c2ccccc2)c2ccccc2)Sc2ccccc21.[O-][Cl+3]([O-])([O-])[O-]. The normalized spacial score (nSPS) is 19.1. The number of aryl methyl sites for hydroxylation is 1. The molecule has 0 saturated heterocycles. The minimum atomic E-state index is -4.94. The largest absolute Gasteiger partial charge is 0.335 e. The number of hydrogen-bond donors (Lipinski definition) is 0. The van der Waals surface area contributed by atoms with E-state index in [1.165, 1.54) is 47.8 Å². The highest BCUT2D eigenvalue weighted by atomic mass is 35.7. The van der Waals surface area contributed by atoms with E-state index in [9.17, 15) is 0 Å². The summed E-state index contributed by atoms with van der Waals surface area (Å²) in [7, 11) is -4.94. The average Bonchev–Trinajstić information content (AvgIpc) is 3.79. The highest BCUT2D eigenvalue weighted by Gasteiger charge is 2.36. The van der Waals surface area contributed by atoms with Gasteiger partial charge in [0.1, 0.15) is 11.2 Å². The van der Waals surface area contributed by atoms with Crippen LogP contribution in [0.15, 0.2) is 143 Å². The van der Waals surface area contributed by atoms with Crippen molar-refractivity contribution in [2.24, 2.45) is 5.92 Å². The zero-order chi connectivity index (χ0) is 34.4. The maximum Gasteiger partial charge on any atom is 0.262 e. The Morgan fingerprint density at radius 1 is 0.816 bits per heavy atom. The highest BCUT2D eigenvalue weighted by Crippen LogP contribution is 2.47. The lowest BCUT2D eigenvalue weighted by Gasteiger charge is -2.35. The smallest absolute Gasteiger partial charge is 0.262 e. The van der Waals surface area contributed by atoms with Crippen LogP contribution in [0.25, 0.3) is 16.3 Å². The van der Waals surface area contributed by atoms with E-state index in [4.69, 9.17) is 18.6 Å². The van der Waals surface area contributed by atoms with Gasteiger partial charge in [0, 0.05) is 40.9 Å². The van der Waals surface area contributed by atoms with Gasteiger partial charge in [-0.05, 0) is 80.8 Å². The molecule has 7 nitrogen and oxygen atoms in total. The van der Waals surface area contributed by atoms with Crippen LogP contribution in [0.5, 0.6) is 0 Å². The molecule has 0 N–H and O–H groups in total. The topological polar surface area (TPSA) is 103 Å². The fraction of sp³-hybridized carbons (Fsp3) is 0.205. The number of allylic oxidation sites excluding steroid dienone is 2. The first-order valence-corrected chi connectivity index (χ1v) is 19.2. The number of benzene rings is 4. The summed E-state index contributed by atoms with van der Waals surface area (Å²) in [4.78, 5) is 6.35. The van der Waals surface area contributed by atoms with Crippen molar-refractivity contribution in [3.05, 3.63) is 143 Å². The van der Waals surface area contributed by atoms with Crippen molar-refractivity contribution >= 4 is 56.5 Å². The van der Waals surface area contributed by atoms with Crippen LogP contribution < -0.4 is 33.0 Å². The molecular formula is C39H38ClN3O4S2. The molecule has 0 amide bonds. The van der Waals surface area contributed by atoms with Crippen molar-refractivity contribution in [3.63, 3.8) is 0 Å². The first kappa shape index (κ1) is 34.9. The second-order valence-corrected chi connectivity index (χ2v) is 14.5. The standard InChI is InChI=1S/C39H38N3S2.ClHO4/c1-3-40-33-19-11-13-21-35(33)43-37(40)27-25-29-23-24-30(26-28-38-41(4-2)34-20-12-14-22-36(34)44-38)39(29)42(31-15-7-5-8-16-31)32-17-9-6-10-18-32;2-1(3,4)5/h5-22,25-29,39H,3-4,23-24H2,1-2H3;(H,2,3,4,5)/q+1;/p-1. The van der Waals surface area contributed by atoms with Crippen molar-refractivity contribution in [1.29, 1.82) is 0 Å². The van der Waals surface area contributed by atoms with Gasteiger partial charge < -0.3 is 9.80 Å². The number of thiazole rings is 1. The molecule has 10 heteroatoms. The third-order valence-electron chi connectivity index (χ3n) is 8.73. The number of hydrogen-bond acceptors (Lipinski definition) is 8. The van der Waals surface area contributed by atoms with E-state index in [1.54, 1.807) is 0 Å². The molecule has 252 valence electrons. The molecule has 2 aliphatic rings. The molecule has 0 radical (unpaired) electrons. The van der Waals surface area contributed by atoms with Crippen LogP contribution in [0.2, 0.25) is 0 Å². The molecule has 2 atom stereocenters. The third kappa shape index (κ3) is 8.28. The van der Waals surface area contributed by atoms with Crippen LogP contribution in [0.4, 0.5) is 17.1 Å². The lowest BCUT2D eigenvalue weighted by molar-refractivity contribution is -2.00. The molecule has 1 aliphatic carbocycles. The Morgan fingerprint density at radius 3 is 2.08 bits per heavy atom. The van der Waals surface area contributed by atoms with Crippen molar-refractivity contribution in [3.8, 4) is 0 Å². The van der Waals surface area contributed by atoms with Gasteiger partial charge in [-0.3, -0.25) is 0 Å². The maximum absolute atomic E-state index is 8.49. The van der Waals surface area contributed by atoms with E-state index in [0.717, 1.165) is 25.9 Å². The molecular weight excluding hydrogens is 674 g/mol. The molecule has 0 bridgehead atoms. The Kier molecular flexibility index (Phi) is 11.2. The minimum absolute atomic E-state index is 0.209. The van der Waals surface area contributed by atoms with Gasteiger partial charge in [-0.1, -0.05) is 95.9 Å². The van der Waals surface area contributed by atoms with Gasteiger partial charge >= 0.3 is 0 Å². The molecule has 5 aromatic rings. The van der Waals surface area contributed by atoms with Gasteiger partial charge in [0.05, 0.1) is 16.8 Å². The summed E-state index contributed by atoms with van der Waals surface area (Å²) in [6, 6.07) is 39.6. The number of halogens is 1. The van der Waals surface area contributed by atoms with E-state index in [0.29, 0.717) is 5.92 Å². The average molecular weight is 712 g/mol. The second-order valence-electron chi connectivity index (χ2n) is 11.6. The highest BCUT2D eigenvalue weighted by molar-refractivity contribution is 8.03. The van der Waals surface area contributed by atoms with Gasteiger partial charge in [-0.25, -0.2) is 18.6 Å². The predicted octanol–water partition coefficient (Wildman–Crippen LogP) is 5.48. The Labute approximate surface area is 298 Å². The van der Waals surface area contributed by atoms with E-state index in [-0.39, 0.29) is 6.04 Å². The molecule has 0 spiro atoms. The molecule has 1 aliphatic heterocycles. The Morgan fingerprint density at radius 2 is 1.43 bits per heavy atom. The van der Waals surface area contributed by atoms with Crippen LogP contribution in [-0.4, -0.2) is 12.6 Å². The number of rotatable bonds is 8. The lowest BCUT2D eigenvalue weighted by Crippen LogP contribution is -2.68. The van der Waals surface area contributed by atoms with Crippen molar-refractivity contribution < 1.29 is 33.4 Å². The number of para-hydroxylation sites is 4. The Bertz CT molecular complexity index is 1910. The minimum Gasteiger partial charge on any atom is -0.335 e. The van der Waals surface area contributed by atoms with Crippen LogP contribution in [-0.2, 0) is 6.54 Å². The van der Waals surface area contributed by atoms with Gasteiger partial charge in [0.25, 0.3) is 5.01 Å². The maximum atomic E-state index is 8.49. The molecule has 1 saturated carbocycles.